The third-order valence-corrected chi connectivity index (χ3v) is 5.76. The van der Waals surface area contributed by atoms with Gasteiger partial charge in [-0.05, 0) is 44.7 Å². The first-order valence-electron chi connectivity index (χ1n) is 12.7. The molecule has 2 N–H and O–H groups in total. The number of carbonyl (C=O) groups excluding carboxylic acids is 2. The Kier molecular flexibility index (Phi) is 21.8. The molecule has 210 valence electrons. The summed E-state index contributed by atoms with van der Waals surface area (Å²) in [5, 5.41) is 14.0. The van der Waals surface area contributed by atoms with Gasteiger partial charge in [-0.2, -0.15) is 0 Å². The van der Waals surface area contributed by atoms with Crippen LogP contribution < -0.4 is 10.9 Å². The van der Waals surface area contributed by atoms with Crippen LogP contribution in [0.25, 0.3) is 0 Å². The van der Waals surface area contributed by atoms with E-state index in [4.69, 9.17) is 9.21 Å². The highest BCUT2D eigenvalue weighted by molar-refractivity contribution is 7.11. The minimum Gasteiger partial charge on any atom is -0.507 e. The maximum absolute atomic E-state index is 11.8. The van der Waals surface area contributed by atoms with E-state index in [1.54, 1.807) is 6.92 Å². The number of nitrogens with zero attached hydrogens (tertiary/aromatic N) is 1. The molecule has 8 nitrogen and oxygen atoms in total. The van der Waals surface area contributed by atoms with E-state index in [1.165, 1.54) is 29.5 Å². The minimum atomic E-state index is -0.760. The van der Waals surface area contributed by atoms with Crippen LogP contribution in [-0.2, 0) is 16.0 Å². The lowest BCUT2D eigenvalue weighted by Crippen LogP contribution is -2.15. The molecule has 1 unspecified atom stereocenters. The van der Waals surface area contributed by atoms with E-state index >= 15 is 0 Å². The standard InChI is InChI=1S/C15H21NO4.C9H15NS.C2H4O2.C2H6/c1-4-11(17)14-12(18)9-13(20-15(14)19)10(2)7-5-6-8-16-3;1-7(2)4-5-9-10-6-8(3)11-9;1-4-2-3;1-2/h6,8-10,16,18H,4-5,7H2,1-3H3;6-7H,4-5H2,1-3H3;2H,1H3;1-2H3/b8-6+;;;. The molecule has 0 aliphatic rings. The van der Waals surface area contributed by atoms with Crippen LogP contribution in [0.15, 0.2) is 33.8 Å². The summed E-state index contributed by atoms with van der Waals surface area (Å²) in [5.41, 5.74) is -1.01. The number of Topliss-reactive ketones (excluding diaryl/α,β-unsaturated/α-hetero) is 1. The lowest BCUT2D eigenvalue weighted by atomic mass is 10.0. The predicted octanol–water partition coefficient (Wildman–Crippen LogP) is 6.41. The van der Waals surface area contributed by atoms with Crippen molar-refractivity contribution in [1.29, 1.82) is 0 Å². The van der Waals surface area contributed by atoms with E-state index in [0.717, 1.165) is 25.2 Å². The molecule has 0 bridgehead atoms. The van der Waals surface area contributed by atoms with E-state index in [0.29, 0.717) is 12.2 Å². The number of hydrogen-bond acceptors (Lipinski definition) is 9. The molecule has 0 spiro atoms. The number of methoxy groups -OCH3 is 1. The Bertz CT molecular complexity index is 966. The molecule has 0 radical (unpaired) electrons. The number of carbonyl (C=O) groups is 2. The topological polar surface area (TPSA) is 119 Å². The quantitative estimate of drug-likeness (QED) is 0.249. The molecule has 37 heavy (non-hydrogen) atoms. The van der Waals surface area contributed by atoms with Gasteiger partial charge < -0.3 is 19.6 Å². The number of hydrogen-bond donors (Lipinski definition) is 2. The van der Waals surface area contributed by atoms with E-state index in [9.17, 15) is 14.7 Å². The third-order valence-electron chi connectivity index (χ3n) is 4.79. The van der Waals surface area contributed by atoms with Crippen LogP contribution in [0, 0.1) is 12.8 Å². The first-order valence-corrected chi connectivity index (χ1v) is 13.5. The Hall–Kier alpha value is -2.94. The lowest BCUT2D eigenvalue weighted by Gasteiger charge is -2.10. The van der Waals surface area contributed by atoms with Crippen molar-refractivity contribution in [2.45, 2.75) is 86.5 Å². The number of aromatic hydroxyl groups is 1. The van der Waals surface area contributed by atoms with E-state index in [-0.39, 0.29) is 23.7 Å². The maximum atomic E-state index is 11.8. The Balaban J connectivity index is 0. The van der Waals surface area contributed by atoms with Crippen molar-refractivity contribution in [2.24, 2.45) is 5.92 Å². The number of thiazole rings is 1. The van der Waals surface area contributed by atoms with Crippen molar-refractivity contribution in [3.63, 3.8) is 0 Å². The fraction of sp³-hybridized carbons (Fsp3) is 0.571. The molecule has 1 atom stereocenters. The fourth-order valence-electron chi connectivity index (χ4n) is 2.79. The molecule has 0 amide bonds. The van der Waals surface area contributed by atoms with Crippen molar-refractivity contribution in [2.75, 3.05) is 14.2 Å². The van der Waals surface area contributed by atoms with Crippen LogP contribution in [0.4, 0.5) is 0 Å². The fourth-order valence-corrected chi connectivity index (χ4v) is 3.60. The highest BCUT2D eigenvalue weighted by Crippen LogP contribution is 2.25. The van der Waals surface area contributed by atoms with Crippen molar-refractivity contribution in [3.05, 3.63) is 56.2 Å². The number of rotatable bonds is 11. The molecule has 2 aromatic rings. The zero-order chi connectivity index (χ0) is 28.8. The van der Waals surface area contributed by atoms with Crippen LogP contribution >= 0.6 is 11.3 Å². The van der Waals surface area contributed by atoms with E-state index in [1.807, 2.05) is 57.6 Å². The molecule has 0 aliphatic heterocycles. The van der Waals surface area contributed by atoms with Gasteiger partial charge in [-0.25, -0.2) is 9.78 Å². The van der Waals surface area contributed by atoms with Gasteiger partial charge in [0.2, 0.25) is 0 Å². The monoisotopic (exact) mass is 538 g/mol. The number of ketones is 1. The minimum absolute atomic E-state index is 0.0131. The summed E-state index contributed by atoms with van der Waals surface area (Å²) in [6.07, 6.45) is 9.93. The summed E-state index contributed by atoms with van der Waals surface area (Å²) in [7, 11) is 3.13. The summed E-state index contributed by atoms with van der Waals surface area (Å²) in [6.45, 7) is 14.5. The molecule has 0 saturated carbocycles. The molecular weight excluding hydrogens is 492 g/mol. The SMILES string of the molecule is CC.CCC(=O)c1c(O)cc(C(C)CC/C=C/NC)oc1=O.COC=O.Cc1cnc(CCC(C)C)s1. The normalized spacial score (nSPS) is 10.8. The van der Waals surface area contributed by atoms with Gasteiger partial charge in [0.15, 0.2) is 5.78 Å². The zero-order valence-electron chi connectivity index (χ0n) is 23.9. The molecular formula is C28H46N2O6S. The second-order valence-corrected chi connectivity index (χ2v) is 9.59. The number of ether oxygens (including phenoxy) is 1. The molecule has 0 aliphatic carbocycles. The summed E-state index contributed by atoms with van der Waals surface area (Å²) < 4.78 is 9.02. The van der Waals surface area contributed by atoms with Gasteiger partial charge >= 0.3 is 5.63 Å². The van der Waals surface area contributed by atoms with E-state index in [2.05, 4.69) is 35.8 Å². The number of nitrogens with one attached hydrogen (secondary N) is 1. The summed E-state index contributed by atoms with van der Waals surface area (Å²) >= 11 is 1.82. The summed E-state index contributed by atoms with van der Waals surface area (Å²) in [4.78, 5) is 37.9. The number of allylic oxidation sites excluding steroid dienone is 1. The van der Waals surface area contributed by atoms with Gasteiger partial charge in [-0.3, -0.25) is 9.59 Å². The zero-order valence-corrected chi connectivity index (χ0v) is 24.7. The second kappa shape index (κ2) is 22.3. The Morgan fingerprint density at radius 2 is 1.89 bits per heavy atom. The smallest absolute Gasteiger partial charge is 0.350 e. The maximum Gasteiger partial charge on any atom is 0.350 e. The highest BCUT2D eigenvalue weighted by Gasteiger charge is 2.19. The van der Waals surface area contributed by atoms with Crippen LogP contribution in [0.2, 0.25) is 0 Å². The molecule has 2 rings (SSSR count). The van der Waals surface area contributed by atoms with Gasteiger partial charge in [0.05, 0.1) is 12.1 Å². The molecule has 0 aromatic carbocycles. The Morgan fingerprint density at radius 1 is 1.27 bits per heavy atom. The van der Waals surface area contributed by atoms with Gasteiger partial charge in [0.25, 0.3) is 6.47 Å². The number of aryl methyl sites for hydroxylation is 2. The molecule has 0 saturated heterocycles. The van der Waals surface area contributed by atoms with Crippen molar-refractivity contribution < 1.29 is 23.8 Å². The van der Waals surface area contributed by atoms with Crippen LogP contribution in [0.5, 0.6) is 5.75 Å². The average Bonchev–Trinajstić information content (AvgIpc) is 3.31. The number of aromatic nitrogens is 1. The van der Waals surface area contributed by atoms with E-state index < -0.39 is 11.4 Å². The van der Waals surface area contributed by atoms with Crippen molar-refractivity contribution in [3.8, 4) is 5.75 Å². The largest absolute Gasteiger partial charge is 0.507 e. The van der Waals surface area contributed by atoms with Crippen LogP contribution in [-0.4, -0.2) is 36.5 Å². The first kappa shape index (κ1) is 36.2. The van der Waals surface area contributed by atoms with Crippen molar-refractivity contribution >= 4 is 23.6 Å². The molecule has 2 heterocycles. The van der Waals surface area contributed by atoms with Gasteiger partial charge in [-0.15, -0.1) is 11.3 Å². The highest BCUT2D eigenvalue weighted by atomic mass is 32.1. The second-order valence-electron chi connectivity index (χ2n) is 8.27. The van der Waals surface area contributed by atoms with Crippen LogP contribution in [0.3, 0.4) is 0 Å². The lowest BCUT2D eigenvalue weighted by molar-refractivity contribution is -0.126. The molecule has 2 aromatic heterocycles. The molecule has 0 fully saturated rings. The third kappa shape index (κ3) is 16.4. The van der Waals surface area contributed by atoms with Gasteiger partial charge in [-0.1, -0.05) is 47.6 Å². The van der Waals surface area contributed by atoms with Crippen molar-refractivity contribution in [1.82, 2.24) is 10.3 Å². The predicted molar refractivity (Wildman–Crippen MR) is 152 cm³/mol. The van der Waals surface area contributed by atoms with Gasteiger partial charge in [0, 0.05) is 36.5 Å². The Labute approximate surface area is 226 Å². The summed E-state index contributed by atoms with van der Waals surface area (Å²) in [5.74, 6) is 0.478. The first-order chi connectivity index (χ1) is 17.6. The average molecular weight is 539 g/mol. The Morgan fingerprint density at radius 3 is 2.32 bits per heavy atom. The molecule has 9 heteroatoms. The van der Waals surface area contributed by atoms with Crippen LogP contribution in [0.1, 0.15) is 99.1 Å². The van der Waals surface area contributed by atoms with Gasteiger partial charge in [0.1, 0.15) is 17.1 Å². The summed E-state index contributed by atoms with van der Waals surface area (Å²) in [6, 6.07) is 1.37.